The summed E-state index contributed by atoms with van der Waals surface area (Å²) in [6, 6.07) is 8.63. The Bertz CT molecular complexity index is 364. The lowest BCUT2D eigenvalue weighted by molar-refractivity contribution is 1.51. The summed E-state index contributed by atoms with van der Waals surface area (Å²) < 4.78 is 1.46. The quantitative estimate of drug-likeness (QED) is 0.517. The highest BCUT2D eigenvalue weighted by Crippen LogP contribution is 2.25. The van der Waals surface area contributed by atoms with Gasteiger partial charge in [0.2, 0.25) is 0 Å². The smallest absolute Gasteiger partial charge is 0.0874 e. The fraction of sp³-hybridized carbons (Fsp3) is 0.111. The van der Waals surface area contributed by atoms with Crippen LogP contribution in [0.3, 0.4) is 0 Å². The Morgan fingerprint density at radius 1 is 1.27 bits per heavy atom. The first-order valence-corrected chi connectivity index (χ1v) is 5.55. The third-order valence-electron chi connectivity index (χ3n) is 1.75. The van der Waals surface area contributed by atoms with Gasteiger partial charge in [0.25, 0.3) is 0 Å². The molecule has 0 amide bonds. The van der Waals surface area contributed by atoms with Crippen LogP contribution >= 0.6 is 27.3 Å². The van der Waals surface area contributed by atoms with Crippen LogP contribution in [0.25, 0.3) is 10.1 Å². The largest absolute Gasteiger partial charge is 0.182 e. The van der Waals surface area contributed by atoms with Crippen LogP contribution < -0.4 is 0 Å². The van der Waals surface area contributed by atoms with E-state index in [4.69, 9.17) is 0 Å². The van der Waals surface area contributed by atoms with E-state index in [1.807, 2.05) is 0 Å². The van der Waals surface area contributed by atoms with Gasteiger partial charge < -0.3 is 0 Å². The van der Waals surface area contributed by atoms with Crippen LogP contribution in [0.4, 0.5) is 0 Å². The Labute approximate surface area is 78.0 Å². The zero-order valence-electron chi connectivity index (χ0n) is 5.92. The van der Waals surface area contributed by atoms with Crippen molar-refractivity contribution in [3.05, 3.63) is 35.2 Å². The first-order valence-electron chi connectivity index (χ1n) is 3.47. The van der Waals surface area contributed by atoms with E-state index in [0.29, 0.717) is 0 Å². The second-order valence-electron chi connectivity index (χ2n) is 2.43. The molecule has 0 nitrogen and oxygen atoms in total. The molecule has 0 aliphatic heterocycles. The molecule has 0 saturated carbocycles. The molecular weight excluding hydrogens is 220 g/mol. The minimum absolute atomic E-state index is 0.963. The number of rotatable bonds is 1. The number of hydrogen-bond donors (Lipinski definition) is 0. The molecule has 0 unspecified atom stereocenters. The summed E-state index contributed by atoms with van der Waals surface area (Å²) >= 11 is 4.82. The van der Waals surface area contributed by atoms with Crippen molar-refractivity contribution in [2.24, 2.45) is 0 Å². The molecule has 1 aromatic carbocycles. The number of hydrogen-bond acceptors (Lipinski definition) is 0. The lowest BCUT2D eigenvalue weighted by atomic mass is 10.2. The van der Waals surface area contributed by atoms with E-state index in [2.05, 4.69) is 45.6 Å². The Balaban J connectivity index is 2.79. The minimum Gasteiger partial charge on any atom is -0.0874 e. The lowest BCUT2D eigenvalue weighted by Crippen LogP contribution is -1.74. The van der Waals surface area contributed by atoms with Crippen molar-refractivity contribution in [2.75, 3.05) is 0 Å². The van der Waals surface area contributed by atoms with E-state index in [0.717, 1.165) is 5.33 Å². The van der Waals surface area contributed by atoms with Crippen molar-refractivity contribution in [1.82, 2.24) is 0 Å². The van der Waals surface area contributed by atoms with Crippen LogP contribution in [0.15, 0.2) is 29.6 Å². The average Bonchev–Trinajstić information content (AvgIpc) is 2.50. The van der Waals surface area contributed by atoms with Gasteiger partial charge in [-0.1, -0.05) is 28.1 Å². The Morgan fingerprint density at radius 2 is 2.18 bits per heavy atom. The summed E-state index contributed by atoms with van der Waals surface area (Å²) in [5, 5.41) is 4.53. The number of halogens is 1. The number of alkyl halides is 1. The molecule has 2 rings (SSSR count). The van der Waals surface area contributed by atoms with Crippen molar-refractivity contribution < 1.29 is 0 Å². The van der Waals surface area contributed by atoms with Crippen LogP contribution in [0.5, 0.6) is 0 Å². The number of benzene rings is 1. The molecule has 0 N–H and O–H groups in total. The molecule has 1 heterocycles. The zero-order chi connectivity index (χ0) is 7.68. The zero-order valence-corrected chi connectivity index (χ0v) is 8.40. The monoisotopic (exact) mass is 227 g/mol. The summed E-state index contributed by atoms with van der Waals surface area (Å²) in [5.74, 6) is 0. The topological polar surface area (TPSA) is 0 Å². The van der Waals surface area contributed by atoms with E-state index in [9.17, 15) is 0 Å². The summed E-state index contributed by atoms with van der Waals surface area (Å²) in [4.78, 5) is 0. The fourth-order valence-corrected chi connectivity index (χ4v) is 2.89. The summed E-state index contributed by atoms with van der Waals surface area (Å²) in [7, 11) is 0. The maximum Gasteiger partial charge on any atom is 0.182 e. The lowest BCUT2D eigenvalue weighted by Gasteiger charge is -1.90. The number of thiophene rings is 1. The standard InChI is InChI=1S/C9H7BrS/c10-6-8-3-1-2-7-4-5-11-9(7)8/h1-5H,6H2/p+1. The van der Waals surface area contributed by atoms with Gasteiger partial charge in [0.15, 0.2) is 4.70 Å². The molecule has 0 aliphatic rings. The van der Waals surface area contributed by atoms with Gasteiger partial charge in [0, 0.05) is 22.3 Å². The van der Waals surface area contributed by atoms with Gasteiger partial charge >= 0.3 is 0 Å². The Morgan fingerprint density at radius 3 is 3.00 bits per heavy atom. The highest BCUT2D eigenvalue weighted by molar-refractivity contribution is 9.08. The third-order valence-corrected chi connectivity index (χ3v) is 3.46. The van der Waals surface area contributed by atoms with E-state index in [1.165, 1.54) is 27.0 Å². The van der Waals surface area contributed by atoms with Crippen LogP contribution in [0, 0.1) is 0 Å². The molecule has 0 radical (unpaired) electrons. The molecular formula is C9H8BrS+. The Hall–Kier alpha value is -0.340. The molecule has 0 atom stereocenters. The van der Waals surface area contributed by atoms with Crippen LogP contribution in [0.1, 0.15) is 5.56 Å². The normalized spacial score (nSPS) is 10.6. The maximum atomic E-state index is 3.48. The van der Waals surface area contributed by atoms with Crippen LogP contribution in [0.2, 0.25) is 0 Å². The second kappa shape index (κ2) is 2.95. The second-order valence-corrected chi connectivity index (χ2v) is 4.00. The molecule has 0 fully saturated rings. The van der Waals surface area contributed by atoms with Crippen molar-refractivity contribution in [3.63, 3.8) is 0 Å². The molecule has 2 heteroatoms. The molecule has 0 spiro atoms. The van der Waals surface area contributed by atoms with Crippen LogP contribution in [-0.4, -0.2) is 0 Å². The first kappa shape index (κ1) is 7.32. The van der Waals surface area contributed by atoms with Gasteiger partial charge in [0.05, 0.1) is 0 Å². The predicted molar refractivity (Wildman–Crippen MR) is 55.9 cm³/mol. The minimum atomic E-state index is 0.963. The summed E-state index contributed by atoms with van der Waals surface area (Å²) in [6.45, 7) is 0. The molecule has 56 valence electrons. The van der Waals surface area contributed by atoms with Gasteiger partial charge in [-0.2, -0.15) is 0 Å². The molecule has 0 bridgehead atoms. The molecule has 0 saturated heterocycles. The summed E-state index contributed by atoms with van der Waals surface area (Å²) in [5.41, 5.74) is 1.41. The number of fused-ring (bicyclic) bond motifs is 1. The summed E-state index contributed by atoms with van der Waals surface area (Å²) in [6.07, 6.45) is 0. The fourth-order valence-electron chi connectivity index (χ4n) is 1.20. The van der Waals surface area contributed by atoms with E-state index < -0.39 is 0 Å². The van der Waals surface area contributed by atoms with Crippen molar-refractivity contribution in [1.29, 1.82) is 0 Å². The van der Waals surface area contributed by atoms with E-state index in [1.54, 1.807) is 0 Å². The van der Waals surface area contributed by atoms with Crippen molar-refractivity contribution >= 4 is 37.4 Å². The maximum absolute atomic E-state index is 3.48. The first-order chi connectivity index (χ1) is 5.42. The van der Waals surface area contributed by atoms with Gasteiger partial charge in [-0.05, 0) is 17.4 Å². The molecule has 11 heavy (non-hydrogen) atoms. The third kappa shape index (κ3) is 1.21. The highest BCUT2D eigenvalue weighted by Gasteiger charge is 2.05. The molecule has 0 aliphatic carbocycles. The van der Waals surface area contributed by atoms with Gasteiger partial charge in [0.1, 0.15) is 5.38 Å². The van der Waals surface area contributed by atoms with Gasteiger partial charge in [-0.3, -0.25) is 0 Å². The SMILES string of the molecule is BrCc1cccc2cc[sH+]c12. The van der Waals surface area contributed by atoms with Crippen LogP contribution in [-0.2, 0) is 5.33 Å². The average molecular weight is 228 g/mol. The highest BCUT2D eigenvalue weighted by atomic mass is 79.9. The predicted octanol–water partition coefficient (Wildman–Crippen LogP) is 3.53. The van der Waals surface area contributed by atoms with E-state index in [-0.39, 0.29) is 0 Å². The van der Waals surface area contributed by atoms with Gasteiger partial charge in [-0.25, -0.2) is 0 Å². The molecule has 1 aromatic heterocycles. The Kier molecular flexibility index (Phi) is 1.96. The molecule has 2 aromatic rings. The van der Waals surface area contributed by atoms with E-state index >= 15 is 0 Å². The van der Waals surface area contributed by atoms with Crippen molar-refractivity contribution in [3.8, 4) is 0 Å². The van der Waals surface area contributed by atoms with Gasteiger partial charge in [-0.15, -0.1) is 0 Å². The van der Waals surface area contributed by atoms with Crippen molar-refractivity contribution in [2.45, 2.75) is 5.33 Å².